The SMILES string of the molecule is C[C@H](CO)N1C[C@H](C)[C@@H](CN(C)C(=O)Nc2ccccc2)Oc2ccc(NC(=O)CCC(F)(F)F)cc2C1=O. The van der Waals surface area contributed by atoms with Gasteiger partial charge in [0.05, 0.1) is 31.2 Å². The van der Waals surface area contributed by atoms with Crippen LogP contribution in [0.4, 0.5) is 29.3 Å². The first kappa shape index (κ1) is 29.8. The second kappa shape index (κ2) is 12.8. The number of benzene rings is 2. The number of amides is 4. The summed E-state index contributed by atoms with van der Waals surface area (Å²) in [5.74, 6) is -1.36. The predicted molar refractivity (Wildman–Crippen MR) is 140 cm³/mol. The lowest BCUT2D eigenvalue weighted by atomic mass is 9.99. The maximum absolute atomic E-state index is 13.5. The maximum atomic E-state index is 13.5. The van der Waals surface area contributed by atoms with Crippen LogP contribution in [-0.2, 0) is 4.79 Å². The molecule has 9 nitrogen and oxygen atoms in total. The number of hydrogen-bond donors (Lipinski definition) is 3. The van der Waals surface area contributed by atoms with Gasteiger partial charge in [0, 0.05) is 37.3 Å². The van der Waals surface area contributed by atoms with Crippen molar-refractivity contribution >= 4 is 29.2 Å². The zero-order chi connectivity index (χ0) is 28.7. The van der Waals surface area contributed by atoms with Gasteiger partial charge in [-0.1, -0.05) is 25.1 Å². The van der Waals surface area contributed by atoms with Crippen LogP contribution in [0.2, 0.25) is 0 Å². The van der Waals surface area contributed by atoms with Crippen LogP contribution in [0.5, 0.6) is 5.75 Å². The fourth-order valence-corrected chi connectivity index (χ4v) is 4.09. The smallest absolute Gasteiger partial charge is 0.389 e. The molecule has 3 rings (SSSR count). The van der Waals surface area contributed by atoms with Crippen LogP contribution < -0.4 is 15.4 Å². The van der Waals surface area contributed by atoms with Gasteiger partial charge in [0.15, 0.2) is 0 Å². The summed E-state index contributed by atoms with van der Waals surface area (Å²) in [5.41, 5.74) is 0.848. The average Bonchev–Trinajstić information content (AvgIpc) is 2.89. The Balaban J connectivity index is 1.83. The molecule has 1 aliphatic rings. The normalized spacial score (nSPS) is 18.2. The van der Waals surface area contributed by atoms with E-state index in [0.29, 0.717) is 5.69 Å². The first-order chi connectivity index (χ1) is 18.4. The third kappa shape index (κ3) is 8.34. The van der Waals surface area contributed by atoms with E-state index in [1.54, 1.807) is 38.2 Å². The minimum atomic E-state index is -4.47. The first-order valence-electron chi connectivity index (χ1n) is 12.5. The second-order valence-electron chi connectivity index (χ2n) is 9.67. The van der Waals surface area contributed by atoms with Crippen LogP contribution in [0.3, 0.4) is 0 Å². The molecule has 3 atom stereocenters. The number of carbonyl (C=O) groups is 3. The van der Waals surface area contributed by atoms with Crippen molar-refractivity contribution in [1.82, 2.24) is 9.80 Å². The zero-order valence-electron chi connectivity index (χ0n) is 22.0. The Labute approximate surface area is 224 Å². The lowest BCUT2D eigenvalue weighted by Gasteiger charge is -2.38. The van der Waals surface area contributed by atoms with Gasteiger partial charge in [0.1, 0.15) is 11.9 Å². The minimum Gasteiger partial charge on any atom is -0.487 e. The molecule has 0 spiro atoms. The van der Waals surface area contributed by atoms with Crippen molar-refractivity contribution in [2.24, 2.45) is 5.92 Å². The lowest BCUT2D eigenvalue weighted by Crippen LogP contribution is -2.50. The Hall–Kier alpha value is -3.80. The van der Waals surface area contributed by atoms with E-state index < -0.39 is 43.0 Å². The number of nitrogens with zero attached hydrogens (tertiary/aromatic N) is 2. The summed E-state index contributed by atoms with van der Waals surface area (Å²) in [4.78, 5) is 41.2. The molecule has 0 radical (unpaired) electrons. The van der Waals surface area contributed by atoms with E-state index in [9.17, 15) is 32.7 Å². The van der Waals surface area contributed by atoms with Gasteiger partial charge in [-0.25, -0.2) is 4.79 Å². The highest BCUT2D eigenvalue weighted by Gasteiger charge is 2.34. The molecule has 0 bridgehead atoms. The summed E-state index contributed by atoms with van der Waals surface area (Å²) in [6.45, 7) is 3.64. The number of fused-ring (bicyclic) bond motifs is 1. The molecule has 0 fully saturated rings. The van der Waals surface area contributed by atoms with E-state index in [4.69, 9.17) is 4.74 Å². The summed E-state index contributed by atoms with van der Waals surface area (Å²) in [6.07, 6.45) is -7.04. The molecule has 0 unspecified atom stereocenters. The van der Waals surface area contributed by atoms with Gasteiger partial charge in [0.25, 0.3) is 5.91 Å². The molecule has 0 aliphatic carbocycles. The lowest BCUT2D eigenvalue weighted by molar-refractivity contribution is -0.142. The number of rotatable bonds is 8. The van der Waals surface area contributed by atoms with Gasteiger partial charge in [0.2, 0.25) is 5.91 Å². The van der Waals surface area contributed by atoms with Crippen LogP contribution in [0, 0.1) is 5.92 Å². The minimum absolute atomic E-state index is 0.0808. The summed E-state index contributed by atoms with van der Waals surface area (Å²) < 4.78 is 43.7. The molecule has 212 valence electrons. The Bertz CT molecular complexity index is 1160. The van der Waals surface area contributed by atoms with Crippen molar-refractivity contribution in [1.29, 1.82) is 0 Å². The number of urea groups is 1. The van der Waals surface area contributed by atoms with Crippen LogP contribution in [-0.4, -0.2) is 77.8 Å². The summed E-state index contributed by atoms with van der Waals surface area (Å²) >= 11 is 0. The largest absolute Gasteiger partial charge is 0.487 e. The number of alkyl halides is 3. The van der Waals surface area contributed by atoms with Crippen LogP contribution in [0.25, 0.3) is 0 Å². The molecule has 0 aromatic heterocycles. The molecule has 12 heteroatoms. The highest BCUT2D eigenvalue weighted by molar-refractivity contribution is 6.00. The van der Waals surface area contributed by atoms with Gasteiger partial charge in [-0.2, -0.15) is 13.2 Å². The number of aliphatic hydroxyl groups excluding tert-OH is 1. The van der Waals surface area contributed by atoms with E-state index in [2.05, 4.69) is 10.6 Å². The number of likely N-dealkylation sites (N-methyl/N-ethyl adjacent to an activating group) is 1. The standard InChI is InChI=1S/C27H33F3N4O5/c1-17-14-34(18(2)16-35)25(37)21-13-20(31-24(36)11-12-27(28,29)30)9-10-22(21)39-23(17)15-33(3)26(38)32-19-7-5-4-6-8-19/h4-10,13,17-18,23,35H,11-12,14-16H2,1-3H3,(H,31,36)(H,32,38)/t17-,18+,23+/m0/s1. The fraction of sp³-hybridized carbons (Fsp3) is 0.444. The van der Waals surface area contributed by atoms with Crippen LogP contribution in [0.15, 0.2) is 48.5 Å². The second-order valence-corrected chi connectivity index (χ2v) is 9.67. The van der Waals surface area contributed by atoms with E-state index >= 15 is 0 Å². The van der Waals surface area contributed by atoms with E-state index in [1.807, 2.05) is 13.0 Å². The highest BCUT2D eigenvalue weighted by Crippen LogP contribution is 2.31. The molecule has 39 heavy (non-hydrogen) atoms. The Morgan fingerprint density at radius 1 is 1.15 bits per heavy atom. The number of aliphatic hydroxyl groups is 1. The maximum Gasteiger partial charge on any atom is 0.389 e. The molecular formula is C27H33F3N4O5. The number of hydrogen-bond acceptors (Lipinski definition) is 5. The number of ether oxygens (including phenoxy) is 1. The summed E-state index contributed by atoms with van der Waals surface area (Å²) in [7, 11) is 1.62. The van der Waals surface area contributed by atoms with Crippen molar-refractivity contribution in [2.75, 3.05) is 37.4 Å². The molecule has 0 saturated carbocycles. The Morgan fingerprint density at radius 2 is 1.85 bits per heavy atom. The quantitative estimate of drug-likeness (QED) is 0.453. The third-order valence-electron chi connectivity index (χ3n) is 6.41. The fourth-order valence-electron chi connectivity index (χ4n) is 4.09. The van der Waals surface area contributed by atoms with Crippen LogP contribution in [0.1, 0.15) is 37.0 Å². The van der Waals surface area contributed by atoms with Crippen molar-refractivity contribution in [2.45, 2.75) is 45.0 Å². The number of nitrogens with one attached hydrogen (secondary N) is 2. The predicted octanol–water partition coefficient (Wildman–Crippen LogP) is 4.35. The molecule has 2 aromatic rings. The first-order valence-corrected chi connectivity index (χ1v) is 12.5. The zero-order valence-corrected chi connectivity index (χ0v) is 22.0. The van der Waals surface area contributed by atoms with Gasteiger partial charge in [-0.15, -0.1) is 0 Å². The molecule has 3 N–H and O–H groups in total. The molecular weight excluding hydrogens is 517 g/mol. The van der Waals surface area contributed by atoms with Gasteiger partial charge < -0.3 is 30.3 Å². The van der Waals surface area contributed by atoms with Crippen molar-refractivity contribution in [3.63, 3.8) is 0 Å². The summed E-state index contributed by atoms with van der Waals surface area (Å²) in [5, 5.41) is 15.0. The highest BCUT2D eigenvalue weighted by atomic mass is 19.4. The van der Waals surface area contributed by atoms with Crippen molar-refractivity contribution < 1.29 is 37.4 Å². The molecule has 2 aromatic carbocycles. The van der Waals surface area contributed by atoms with E-state index in [0.717, 1.165) is 0 Å². The average molecular weight is 551 g/mol. The van der Waals surface area contributed by atoms with Gasteiger partial charge >= 0.3 is 12.2 Å². The number of carbonyl (C=O) groups excluding carboxylic acids is 3. The molecule has 4 amide bonds. The molecule has 1 aliphatic heterocycles. The Kier molecular flexibility index (Phi) is 9.79. The topological polar surface area (TPSA) is 111 Å². The van der Waals surface area contributed by atoms with E-state index in [1.165, 1.54) is 28.0 Å². The molecule has 1 heterocycles. The van der Waals surface area contributed by atoms with Crippen molar-refractivity contribution in [3.8, 4) is 5.75 Å². The Morgan fingerprint density at radius 3 is 2.49 bits per heavy atom. The van der Waals surface area contributed by atoms with Crippen LogP contribution >= 0.6 is 0 Å². The van der Waals surface area contributed by atoms with Gasteiger partial charge in [-0.3, -0.25) is 9.59 Å². The number of para-hydroxylation sites is 1. The third-order valence-corrected chi connectivity index (χ3v) is 6.41. The summed E-state index contributed by atoms with van der Waals surface area (Å²) in [6, 6.07) is 12.3. The monoisotopic (exact) mass is 550 g/mol. The molecule has 0 saturated heterocycles. The number of halogens is 3. The van der Waals surface area contributed by atoms with Gasteiger partial charge in [-0.05, 0) is 37.3 Å². The van der Waals surface area contributed by atoms with Crippen molar-refractivity contribution in [3.05, 3.63) is 54.1 Å². The number of anilines is 2. The van der Waals surface area contributed by atoms with E-state index in [-0.39, 0.29) is 48.6 Å².